The highest BCUT2D eigenvalue weighted by Gasteiger charge is 2.04. The number of rotatable bonds is 5. The maximum atomic E-state index is 5.93. The second-order valence-corrected chi connectivity index (χ2v) is 6.24. The molecule has 0 fully saturated rings. The minimum absolute atomic E-state index is 0.278. The van der Waals surface area contributed by atoms with E-state index in [-0.39, 0.29) is 6.73 Å². The first kappa shape index (κ1) is 17.3. The minimum Gasteiger partial charge on any atom is -0.471 e. The third kappa shape index (κ3) is 4.95. The fourth-order valence-electron chi connectivity index (χ4n) is 2.19. The first-order valence-corrected chi connectivity index (χ1v) is 8.43. The van der Waals surface area contributed by atoms with Crippen molar-refractivity contribution in [1.82, 2.24) is 9.78 Å². The topological polar surface area (TPSA) is 51.1 Å². The predicted molar refractivity (Wildman–Crippen MR) is 105 cm³/mol. The van der Waals surface area contributed by atoms with E-state index in [0.717, 1.165) is 16.9 Å². The third-order valence-corrected chi connectivity index (χ3v) is 3.88. The van der Waals surface area contributed by atoms with Crippen molar-refractivity contribution in [2.75, 3.05) is 10.6 Å². The van der Waals surface area contributed by atoms with Gasteiger partial charge in [0.2, 0.25) is 0 Å². The van der Waals surface area contributed by atoms with Gasteiger partial charge in [0.05, 0.1) is 18.1 Å². The number of ether oxygens (including phenoxy) is 1. The van der Waals surface area contributed by atoms with E-state index in [1.165, 1.54) is 0 Å². The van der Waals surface area contributed by atoms with Crippen LogP contribution in [0.1, 0.15) is 5.56 Å². The standard InChI is InChI=1S/C18H17ClN4OS/c1-13-5-2-3-8-17(13)22-18(25)21-15-10-20-23(11-15)12-24-16-7-4-6-14(19)9-16/h2-11H,12H2,1H3,(H2,21,22,25). The van der Waals surface area contributed by atoms with E-state index in [4.69, 9.17) is 28.6 Å². The molecule has 3 rings (SSSR count). The highest BCUT2D eigenvalue weighted by molar-refractivity contribution is 7.80. The van der Waals surface area contributed by atoms with E-state index < -0.39 is 0 Å². The first-order chi connectivity index (χ1) is 12.1. The fourth-order valence-corrected chi connectivity index (χ4v) is 2.60. The number of para-hydroxylation sites is 1. The number of anilines is 2. The van der Waals surface area contributed by atoms with Gasteiger partial charge in [-0.05, 0) is 49.0 Å². The molecule has 1 aromatic heterocycles. The van der Waals surface area contributed by atoms with Gasteiger partial charge >= 0.3 is 0 Å². The van der Waals surface area contributed by atoms with Gasteiger partial charge in [-0.3, -0.25) is 0 Å². The second kappa shape index (κ2) is 8.00. The van der Waals surface area contributed by atoms with E-state index in [2.05, 4.69) is 15.7 Å². The summed E-state index contributed by atoms with van der Waals surface area (Å²) in [6.07, 6.45) is 3.50. The van der Waals surface area contributed by atoms with Crippen LogP contribution in [0.15, 0.2) is 60.9 Å². The molecular formula is C18H17ClN4OS. The molecule has 0 unspecified atom stereocenters. The quantitative estimate of drug-likeness (QED) is 0.636. The average molecular weight is 373 g/mol. The highest BCUT2D eigenvalue weighted by atomic mass is 35.5. The van der Waals surface area contributed by atoms with Crippen LogP contribution < -0.4 is 15.4 Å². The zero-order chi connectivity index (χ0) is 17.6. The molecule has 0 amide bonds. The van der Waals surface area contributed by atoms with Crippen molar-refractivity contribution in [2.24, 2.45) is 0 Å². The van der Waals surface area contributed by atoms with Crippen LogP contribution in [0, 0.1) is 6.92 Å². The Morgan fingerprint density at radius 3 is 2.84 bits per heavy atom. The summed E-state index contributed by atoms with van der Waals surface area (Å²) in [5.74, 6) is 0.689. The molecule has 5 nitrogen and oxygen atoms in total. The molecule has 0 bridgehead atoms. The summed E-state index contributed by atoms with van der Waals surface area (Å²) >= 11 is 11.3. The maximum Gasteiger partial charge on any atom is 0.180 e. The molecule has 2 aromatic carbocycles. The van der Waals surface area contributed by atoms with Crippen LogP contribution in [0.3, 0.4) is 0 Å². The van der Waals surface area contributed by atoms with Gasteiger partial charge in [-0.2, -0.15) is 5.10 Å². The Bertz CT molecular complexity index is 881. The fraction of sp³-hybridized carbons (Fsp3) is 0.111. The van der Waals surface area contributed by atoms with Crippen molar-refractivity contribution in [3.63, 3.8) is 0 Å². The predicted octanol–water partition coefficient (Wildman–Crippen LogP) is 4.69. The lowest BCUT2D eigenvalue weighted by Crippen LogP contribution is -2.19. The van der Waals surface area contributed by atoms with Crippen molar-refractivity contribution >= 4 is 40.3 Å². The van der Waals surface area contributed by atoms with Crippen LogP contribution in [-0.2, 0) is 6.73 Å². The molecule has 0 atom stereocenters. The summed E-state index contributed by atoms with van der Waals surface area (Å²) in [6.45, 7) is 2.30. The number of halogens is 1. The number of aryl methyl sites for hydroxylation is 1. The second-order valence-electron chi connectivity index (χ2n) is 5.39. The van der Waals surface area contributed by atoms with E-state index >= 15 is 0 Å². The zero-order valence-electron chi connectivity index (χ0n) is 13.6. The van der Waals surface area contributed by atoms with Gasteiger partial charge in [0.15, 0.2) is 11.8 Å². The normalized spacial score (nSPS) is 10.3. The van der Waals surface area contributed by atoms with Gasteiger partial charge in [-0.15, -0.1) is 0 Å². The lowest BCUT2D eigenvalue weighted by Gasteiger charge is -2.11. The SMILES string of the molecule is Cc1ccccc1NC(=S)Nc1cnn(COc2cccc(Cl)c2)c1. The molecule has 0 spiro atoms. The molecule has 0 radical (unpaired) electrons. The van der Waals surface area contributed by atoms with Crippen LogP contribution >= 0.6 is 23.8 Å². The van der Waals surface area contributed by atoms with Gasteiger partial charge in [0.25, 0.3) is 0 Å². The molecule has 3 aromatic rings. The van der Waals surface area contributed by atoms with Crippen LogP contribution in [0.4, 0.5) is 11.4 Å². The Labute approximate surface area is 156 Å². The van der Waals surface area contributed by atoms with Gasteiger partial charge in [0, 0.05) is 10.7 Å². The molecule has 0 aliphatic carbocycles. The molecule has 7 heteroatoms. The van der Waals surface area contributed by atoms with Crippen molar-refractivity contribution < 1.29 is 4.74 Å². The van der Waals surface area contributed by atoms with Gasteiger partial charge in [-0.25, -0.2) is 4.68 Å². The van der Waals surface area contributed by atoms with Gasteiger partial charge in [0.1, 0.15) is 5.75 Å². The van der Waals surface area contributed by atoms with Crippen molar-refractivity contribution in [2.45, 2.75) is 13.7 Å². The molecule has 2 N–H and O–H groups in total. The molecule has 0 saturated heterocycles. The summed E-state index contributed by atoms with van der Waals surface area (Å²) < 4.78 is 7.31. The van der Waals surface area contributed by atoms with E-state index in [1.807, 2.05) is 49.5 Å². The van der Waals surface area contributed by atoms with E-state index in [0.29, 0.717) is 15.9 Å². The highest BCUT2D eigenvalue weighted by Crippen LogP contribution is 2.18. The molecule has 128 valence electrons. The Kier molecular flexibility index (Phi) is 5.53. The van der Waals surface area contributed by atoms with Crippen molar-refractivity contribution in [3.05, 3.63) is 71.5 Å². The maximum absolute atomic E-state index is 5.93. The van der Waals surface area contributed by atoms with Gasteiger partial charge < -0.3 is 15.4 Å². The largest absolute Gasteiger partial charge is 0.471 e. The molecule has 0 saturated carbocycles. The Morgan fingerprint density at radius 2 is 2.04 bits per heavy atom. The Hall–Kier alpha value is -2.57. The molecule has 25 heavy (non-hydrogen) atoms. The Balaban J connectivity index is 1.54. The zero-order valence-corrected chi connectivity index (χ0v) is 15.1. The number of hydrogen-bond acceptors (Lipinski definition) is 3. The van der Waals surface area contributed by atoms with Crippen molar-refractivity contribution in [1.29, 1.82) is 0 Å². The minimum atomic E-state index is 0.278. The first-order valence-electron chi connectivity index (χ1n) is 7.64. The lowest BCUT2D eigenvalue weighted by atomic mass is 10.2. The van der Waals surface area contributed by atoms with Gasteiger partial charge in [-0.1, -0.05) is 35.9 Å². The number of nitrogens with zero attached hydrogens (tertiary/aromatic N) is 2. The summed E-state index contributed by atoms with van der Waals surface area (Å²) in [7, 11) is 0. The van der Waals surface area contributed by atoms with Crippen LogP contribution in [-0.4, -0.2) is 14.9 Å². The number of nitrogens with one attached hydrogen (secondary N) is 2. The third-order valence-electron chi connectivity index (χ3n) is 3.44. The summed E-state index contributed by atoms with van der Waals surface area (Å²) in [5.41, 5.74) is 2.87. The van der Waals surface area contributed by atoms with Crippen LogP contribution in [0.5, 0.6) is 5.75 Å². The molecule has 0 aliphatic rings. The van der Waals surface area contributed by atoms with Crippen molar-refractivity contribution in [3.8, 4) is 5.75 Å². The molecular weight excluding hydrogens is 356 g/mol. The summed E-state index contributed by atoms with van der Waals surface area (Å²) in [5, 5.41) is 11.7. The molecule has 1 heterocycles. The number of benzene rings is 2. The van der Waals surface area contributed by atoms with Crippen LogP contribution in [0.25, 0.3) is 0 Å². The average Bonchev–Trinajstić information content (AvgIpc) is 3.02. The Morgan fingerprint density at radius 1 is 1.20 bits per heavy atom. The lowest BCUT2D eigenvalue weighted by molar-refractivity contribution is 0.221. The monoisotopic (exact) mass is 372 g/mol. The number of aromatic nitrogens is 2. The van der Waals surface area contributed by atoms with E-state index in [1.54, 1.807) is 23.0 Å². The van der Waals surface area contributed by atoms with E-state index in [9.17, 15) is 0 Å². The smallest absolute Gasteiger partial charge is 0.180 e. The molecule has 0 aliphatic heterocycles. The number of hydrogen-bond donors (Lipinski definition) is 2. The van der Waals surface area contributed by atoms with Crippen LogP contribution in [0.2, 0.25) is 5.02 Å². The summed E-state index contributed by atoms with van der Waals surface area (Å²) in [6, 6.07) is 15.2. The summed E-state index contributed by atoms with van der Waals surface area (Å²) in [4.78, 5) is 0. The number of thiocarbonyl (C=S) groups is 1.